The fraction of sp³-hybridized carbons (Fsp3) is 0.273. The Labute approximate surface area is 186 Å². The number of carbonyl (C=O) groups is 3. The number of hydrogen-bond acceptors (Lipinski definition) is 5. The van der Waals surface area contributed by atoms with Gasteiger partial charge in [-0.05, 0) is 55.7 Å². The van der Waals surface area contributed by atoms with Crippen LogP contribution in [0.3, 0.4) is 0 Å². The zero-order valence-corrected chi connectivity index (χ0v) is 18.4. The Morgan fingerprint density at radius 1 is 1.06 bits per heavy atom. The number of nitrogens with zero attached hydrogens (tertiary/aromatic N) is 1. The number of hydrogen-bond donors (Lipinski definition) is 3. The highest BCUT2D eigenvalue weighted by Gasteiger charge is 2.15. The van der Waals surface area contributed by atoms with E-state index in [0.29, 0.717) is 35.0 Å². The highest BCUT2D eigenvalue weighted by molar-refractivity contribution is 6.40. The number of rotatable bonds is 8. The quantitative estimate of drug-likeness (QED) is 0.330. The molecule has 9 heteroatoms. The summed E-state index contributed by atoms with van der Waals surface area (Å²) in [6.07, 6.45) is 0.670. The molecule has 3 N–H and O–H groups in total. The van der Waals surface area contributed by atoms with Crippen molar-refractivity contribution in [2.45, 2.75) is 26.7 Å². The van der Waals surface area contributed by atoms with Crippen LogP contribution in [0.5, 0.6) is 5.75 Å². The van der Waals surface area contributed by atoms with Gasteiger partial charge in [-0.15, -0.1) is 0 Å². The summed E-state index contributed by atoms with van der Waals surface area (Å²) in [7, 11) is 1.61. The second-order valence-corrected chi connectivity index (χ2v) is 7.19. The van der Waals surface area contributed by atoms with Crippen LogP contribution in [-0.2, 0) is 20.8 Å². The van der Waals surface area contributed by atoms with Crippen molar-refractivity contribution < 1.29 is 19.1 Å². The number of amides is 3. The lowest BCUT2D eigenvalue weighted by Crippen LogP contribution is -2.33. The fourth-order valence-corrected chi connectivity index (χ4v) is 2.77. The molecule has 0 heterocycles. The molecular weight excluding hydrogens is 420 g/mol. The van der Waals surface area contributed by atoms with Crippen molar-refractivity contribution in [3.63, 3.8) is 0 Å². The molecule has 31 heavy (non-hydrogen) atoms. The molecule has 0 aliphatic carbocycles. The van der Waals surface area contributed by atoms with Gasteiger partial charge in [0.15, 0.2) is 0 Å². The van der Waals surface area contributed by atoms with Crippen LogP contribution in [0.4, 0.5) is 5.69 Å². The number of carbonyl (C=O) groups excluding carboxylic acids is 3. The van der Waals surface area contributed by atoms with Gasteiger partial charge in [0.2, 0.25) is 5.91 Å². The Kier molecular flexibility index (Phi) is 9.02. The van der Waals surface area contributed by atoms with E-state index in [4.69, 9.17) is 16.3 Å². The van der Waals surface area contributed by atoms with Crippen molar-refractivity contribution in [2.75, 3.05) is 19.0 Å². The molecule has 0 fully saturated rings. The second kappa shape index (κ2) is 11.7. The minimum absolute atomic E-state index is 0.00207. The van der Waals surface area contributed by atoms with Crippen LogP contribution in [0.15, 0.2) is 47.6 Å². The van der Waals surface area contributed by atoms with Crippen LogP contribution in [0.25, 0.3) is 0 Å². The Morgan fingerprint density at radius 2 is 1.77 bits per heavy atom. The second-order valence-electron chi connectivity index (χ2n) is 6.78. The molecule has 2 rings (SSSR count). The van der Waals surface area contributed by atoms with E-state index in [9.17, 15) is 14.4 Å². The van der Waals surface area contributed by atoms with Crippen LogP contribution in [-0.4, -0.2) is 37.1 Å². The molecule has 3 amide bonds. The molecule has 0 saturated heterocycles. The minimum atomic E-state index is -0.946. The van der Waals surface area contributed by atoms with Gasteiger partial charge in [-0.3, -0.25) is 14.4 Å². The van der Waals surface area contributed by atoms with Gasteiger partial charge in [0.05, 0.1) is 13.5 Å². The van der Waals surface area contributed by atoms with Crippen LogP contribution in [0.2, 0.25) is 5.02 Å². The molecule has 0 spiro atoms. The number of methoxy groups -OCH3 is 1. The predicted molar refractivity (Wildman–Crippen MR) is 120 cm³/mol. The topological polar surface area (TPSA) is 109 Å². The standard InChI is InChI=1S/C22H25ClN4O4/c1-14(13-20(28)24-12-11-16-7-9-17(31-3)10-8-16)26-27-22(30)21(29)25-19-6-4-5-18(23)15(19)2/h4-10H,11-13H2,1-3H3,(H,24,28)(H,25,29)(H,27,30)/b26-14+. The molecule has 0 radical (unpaired) electrons. The Hall–Kier alpha value is -3.39. The average Bonchev–Trinajstić information content (AvgIpc) is 2.75. The van der Waals surface area contributed by atoms with Gasteiger partial charge in [0.25, 0.3) is 0 Å². The number of ether oxygens (including phenoxy) is 1. The van der Waals surface area contributed by atoms with E-state index >= 15 is 0 Å². The number of benzene rings is 2. The van der Waals surface area contributed by atoms with Crippen molar-refractivity contribution in [3.8, 4) is 5.75 Å². The highest BCUT2D eigenvalue weighted by atomic mass is 35.5. The summed E-state index contributed by atoms with van der Waals surface area (Å²) >= 11 is 5.99. The molecule has 0 aliphatic rings. The molecular formula is C22H25ClN4O4. The first kappa shape index (κ1) is 23.9. The first-order valence-corrected chi connectivity index (χ1v) is 9.97. The maximum absolute atomic E-state index is 12.0. The van der Waals surface area contributed by atoms with Gasteiger partial charge in [-0.1, -0.05) is 29.8 Å². The van der Waals surface area contributed by atoms with Gasteiger partial charge >= 0.3 is 11.8 Å². The Bertz CT molecular complexity index is 974. The molecule has 0 aliphatic heterocycles. The van der Waals surface area contributed by atoms with Crippen LogP contribution < -0.4 is 20.8 Å². The Balaban J connectivity index is 1.75. The van der Waals surface area contributed by atoms with Gasteiger partial charge < -0.3 is 15.4 Å². The van der Waals surface area contributed by atoms with Gasteiger partial charge in [0.1, 0.15) is 5.75 Å². The zero-order chi connectivity index (χ0) is 22.8. The summed E-state index contributed by atoms with van der Waals surface area (Å²) < 4.78 is 5.11. The first-order chi connectivity index (χ1) is 14.8. The lowest BCUT2D eigenvalue weighted by Gasteiger charge is -2.09. The summed E-state index contributed by atoms with van der Waals surface area (Å²) in [5.41, 5.74) is 4.66. The number of hydrazone groups is 1. The minimum Gasteiger partial charge on any atom is -0.497 e. The lowest BCUT2D eigenvalue weighted by molar-refractivity contribution is -0.136. The van der Waals surface area contributed by atoms with Crippen molar-refractivity contribution >= 4 is 40.7 Å². The van der Waals surface area contributed by atoms with Gasteiger partial charge in [-0.25, -0.2) is 5.43 Å². The molecule has 8 nitrogen and oxygen atoms in total. The van der Waals surface area contributed by atoms with E-state index in [2.05, 4.69) is 21.2 Å². The number of halogens is 1. The summed E-state index contributed by atoms with van der Waals surface area (Å²) in [6, 6.07) is 12.6. The molecule has 0 saturated carbocycles. The summed E-state index contributed by atoms with van der Waals surface area (Å²) in [4.78, 5) is 36.0. The van der Waals surface area contributed by atoms with E-state index < -0.39 is 11.8 Å². The molecule has 164 valence electrons. The molecule has 2 aromatic carbocycles. The van der Waals surface area contributed by atoms with Crippen LogP contribution in [0, 0.1) is 6.92 Å². The summed E-state index contributed by atoms with van der Waals surface area (Å²) in [5.74, 6) is -1.29. The lowest BCUT2D eigenvalue weighted by atomic mass is 10.1. The van der Waals surface area contributed by atoms with E-state index in [0.717, 1.165) is 11.3 Å². The Morgan fingerprint density at radius 3 is 2.45 bits per heavy atom. The summed E-state index contributed by atoms with van der Waals surface area (Å²) in [6.45, 7) is 3.78. The highest BCUT2D eigenvalue weighted by Crippen LogP contribution is 2.22. The van der Waals surface area contributed by atoms with Gasteiger partial charge in [-0.2, -0.15) is 5.10 Å². The number of nitrogens with one attached hydrogen (secondary N) is 3. The summed E-state index contributed by atoms with van der Waals surface area (Å²) in [5, 5.41) is 9.55. The average molecular weight is 445 g/mol. The largest absolute Gasteiger partial charge is 0.497 e. The molecule has 0 aromatic heterocycles. The normalized spacial score (nSPS) is 10.9. The molecule has 0 bridgehead atoms. The third-order valence-corrected chi connectivity index (χ3v) is 4.79. The maximum Gasteiger partial charge on any atom is 0.329 e. The van der Waals surface area contributed by atoms with Crippen molar-refractivity contribution in [1.82, 2.24) is 10.7 Å². The third kappa shape index (κ3) is 7.75. The first-order valence-electron chi connectivity index (χ1n) is 9.59. The zero-order valence-electron chi connectivity index (χ0n) is 17.6. The number of anilines is 1. The smallest absolute Gasteiger partial charge is 0.329 e. The third-order valence-electron chi connectivity index (χ3n) is 4.38. The van der Waals surface area contributed by atoms with E-state index in [1.165, 1.54) is 0 Å². The molecule has 0 atom stereocenters. The monoisotopic (exact) mass is 444 g/mol. The van der Waals surface area contributed by atoms with Crippen LogP contribution in [0.1, 0.15) is 24.5 Å². The molecule has 2 aromatic rings. The fourth-order valence-electron chi connectivity index (χ4n) is 2.59. The molecule has 0 unspecified atom stereocenters. The van der Waals surface area contributed by atoms with E-state index in [1.807, 2.05) is 24.3 Å². The van der Waals surface area contributed by atoms with Crippen molar-refractivity contribution in [3.05, 3.63) is 58.6 Å². The maximum atomic E-state index is 12.0. The van der Waals surface area contributed by atoms with Crippen molar-refractivity contribution in [1.29, 1.82) is 0 Å². The SMILES string of the molecule is COc1ccc(CCNC(=O)C/C(C)=N/NC(=O)C(=O)Nc2cccc(Cl)c2C)cc1. The van der Waals surface area contributed by atoms with Crippen LogP contribution >= 0.6 is 11.6 Å². The van der Waals surface area contributed by atoms with Gasteiger partial charge in [0, 0.05) is 23.0 Å². The van der Waals surface area contributed by atoms with Crippen molar-refractivity contribution in [2.24, 2.45) is 5.10 Å². The van der Waals surface area contributed by atoms with E-state index in [-0.39, 0.29) is 12.3 Å². The predicted octanol–water partition coefficient (Wildman–Crippen LogP) is 2.84. The van der Waals surface area contributed by atoms with E-state index in [1.54, 1.807) is 39.2 Å².